The average Bonchev–Trinajstić information content (AvgIpc) is 2.62. The maximum atomic E-state index is 12.8. The zero-order valence-corrected chi connectivity index (χ0v) is 15.1. The lowest BCUT2D eigenvalue weighted by Gasteiger charge is -2.32. The first-order chi connectivity index (χ1) is 12.0. The molecule has 6 heteroatoms. The van der Waals surface area contributed by atoms with Crippen LogP contribution in [0.1, 0.15) is 21.7 Å². The van der Waals surface area contributed by atoms with Crippen LogP contribution in [0.25, 0.3) is 0 Å². The van der Waals surface area contributed by atoms with Gasteiger partial charge in [0.15, 0.2) is 0 Å². The summed E-state index contributed by atoms with van der Waals surface area (Å²) in [7, 11) is 4.03. The molecular weight excluding hydrogens is 314 g/mol. The fourth-order valence-corrected chi connectivity index (χ4v) is 2.93. The van der Waals surface area contributed by atoms with E-state index < -0.39 is 0 Å². The first kappa shape index (κ1) is 17.4. The molecule has 0 aliphatic carbocycles. The Morgan fingerprint density at radius 1 is 1.12 bits per heavy atom. The van der Waals surface area contributed by atoms with Crippen LogP contribution >= 0.6 is 0 Å². The van der Waals surface area contributed by atoms with Crippen LogP contribution in [0, 0.1) is 6.92 Å². The Balaban J connectivity index is 1.77. The number of carbonyl (C=O) groups excluding carboxylic acids is 1. The highest BCUT2D eigenvalue weighted by atomic mass is 16.2. The van der Waals surface area contributed by atoms with Crippen molar-refractivity contribution in [2.75, 3.05) is 45.2 Å². The number of aromatic nitrogens is 2. The third kappa shape index (κ3) is 4.33. The minimum Gasteiger partial charge on any atom is -0.340 e. The summed E-state index contributed by atoms with van der Waals surface area (Å²) in [4.78, 5) is 27.9. The SMILES string of the molecule is Cc1cc(C(=O)N2CCN(C)CC2)nc(N(C)Cc2ccccc2)n1. The monoisotopic (exact) mass is 339 g/mol. The molecule has 1 saturated heterocycles. The number of aryl methyl sites for hydroxylation is 1. The van der Waals surface area contributed by atoms with Crippen LogP contribution in [0.5, 0.6) is 0 Å². The van der Waals surface area contributed by atoms with Gasteiger partial charge in [0, 0.05) is 45.5 Å². The van der Waals surface area contributed by atoms with Crippen LogP contribution in [-0.4, -0.2) is 65.9 Å². The summed E-state index contributed by atoms with van der Waals surface area (Å²) in [5, 5.41) is 0. The summed E-state index contributed by atoms with van der Waals surface area (Å²) >= 11 is 0. The third-order valence-electron chi connectivity index (χ3n) is 4.46. The molecule has 0 atom stereocenters. The van der Waals surface area contributed by atoms with Gasteiger partial charge in [0.2, 0.25) is 5.95 Å². The van der Waals surface area contributed by atoms with Crippen LogP contribution in [0.4, 0.5) is 5.95 Å². The zero-order valence-electron chi connectivity index (χ0n) is 15.1. The highest BCUT2D eigenvalue weighted by Crippen LogP contribution is 2.14. The molecule has 0 spiro atoms. The van der Waals surface area contributed by atoms with Crippen molar-refractivity contribution in [3.8, 4) is 0 Å². The van der Waals surface area contributed by atoms with E-state index in [9.17, 15) is 4.79 Å². The highest BCUT2D eigenvalue weighted by molar-refractivity contribution is 5.92. The molecule has 2 aromatic rings. The molecule has 0 unspecified atom stereocenters. The summed E-state index contributed by atoms with van der Waals surface area (Å²) in [5.41, 5.74) is 2.47. The lowest BCUT2D eigenvalue weighted by Crippen LogP contribution is -2.47. The number of nitrogens with zero attached hydrogens (tertiary/aromatic N) is 5. The molecule has 1 aliphatic heterocycles. The molecule has 0 radical (unpaired) electrons. The van der Waals surface area contributed by atoms with Crippen LogP contribution in [-0.2, 0) is 6.54 Å². The molecule has 1 aromatic carbocycles. The fourth-order valence-electron chi connectivity index (χ4n) is 2.93. The van der Waals surface area contributed by atoms with Crippen LogP contribution in [0.3, 0.4) is 0 Å². The van der Waals surface area contributed by atoms with Gasteiger partial charge in [-0.2, -0.15) is 0 Å². The van der Waals surface area contributed by atoms with E-state index in [1.165, 1.54) is 5.56 Å². The Morgan fingerprint density at radius 3 is 2.48 bits per heavy atom. The van der Waals surface area contributed by atoms with Crippen molar-refractivity contribution < 1.29 is 4.79 Å². The van der Waals surface area contributed by atoms with E-state index in [0.717, 1.165) is 31.9 Å². The van der Waals surface area contributed by atoms with Crippen LogP contribution in [0.15, 0.2) is 36.4 Å². The molecule has 1 aromatic heterocycles. The Labute approximate surface area is 149 Å². The molecule has 0 bridgehead atoms. The molecule has 0 saturated carbocycles. The average molecular weight is 339 g/mol. The number of hydrogen-bond donors (Lipinski definition) is 0. The second-order valence-corrected chi connectivity index (χ2v) is 6.63. The third-order valence-corrected chi connectivity index (χ3v) is 4.46. The topological polar surface area (TPSA) is 52.6 Å². The summed E-state index contributed by atoms with van der Waals surface area (Å²) < 4.78 is 0. The number of carbonyl (C=O) groups is 1. The zero-order chi connectivity index (χ0) is 17.8. The number of hydrogen-bond acceptors (Lipinski definition) is 5. The predicted octanol–water partition coefficient (Wildman–Crippen LogP) is 1.81. The molecule has 3 rings (SSSR count). The number of piperazine rings is 1. The predicted molar refractivity (Wildman–Crippen MR) is 98.7 cm³/mol. The standard InChI is InChI=1S/C19H25N5O/c1-15-13-17(18(25)24-11-9-22(2)10-12-24)21-19(20-15)23(3)14-16-7-5-4-6-8-16/h4-8,13H,9-12,14H2,1-3H3. The van der Waals surface area contributed by atoms with Crippen LogP contribution < -0.4 is 4.90 Å². The molecule has 1 amide bonds. The van der Waals surface area contributed by atoms with E-state index in [2.05, 4.69) is 34.0 Å². The molecule has 2 heterocycles. The van der Waals surface area contributed by atoms with E-state index in [4.69, 9.17) is 0 Å². The number of anilines is 1. The first-order valence-corrected chi connectivity index (χ1v) is 8.61. The van der Waals surface area contributed by atoms with Crippen molar-refractivity contribution in [2.24, 2.45) is 0 Å². The Bertz CT molecular complexity index is 726. The maximum absolute atomic E-state index is 12.8. The van der Waals surface area contributed by atoms with Crippen molar-refractivity contribution >= 4 is 11.9 Å². The van der Waals surface area contributed by atoms with E-state index in [1.54, 1.807) is 6.07 Å². The lowest BCUT2D eigenvalue weighted by atomic mass is 10.2. The van der Waals surface area contributed by atoms with E-state index >= 15 is 0 Å². The number of likely N-dealkylation sites (N-methyl/N-ethyl adjacent to an activating group) is 1. The molecule has 132 valence electrons. The van der Waals surface area contributed by atoms with Crippen molar-refractivity contribution in [1.29, 1.82) is 0 Å². The van der Waals surface area contributed by atoms with Gasteiger partial charge < -0.3 is 14.7 Å². The van der Waals surface area contributed by atoms with Crippen molar-refractivity contribution in [2.45, 2.75) is 13.5 Å². The van der Waals surface area contributed by atoms with Gasteiger partial charge in [0.25, 0.3) is 5.91 Å². The molecule has 25 heavy (non-hydrogen) atoms. The van der Waals surface area contributed by atoms with Crippen molar-refractivity contribution in [1.82, 2.24) is 19.8 Å². The van der Waals surface area contributed by atoms with Gasteiger partial charge in [-0.3, -0.25) is 4.79 Å². The van der Waals surface area contributed by atoms with Crippen LogP contribution in [0.2, 0.25) is 0 Å². The number of amides is 1. The normalized spacial score (nSPS) is 15.2. The Kier molecular flexibility index (Phi) is 5.28. The van der Waals surface area contributed by atoms with Gasteiger partial charge in [-0.05, 0) is 25.6 Å². The van der Waals surface area contributed by atoms with E-state index in [0.29, 0.717) is 18.2 Å². The minimum atomic E-state index is -0.00652. The van der Waals surface area contributed by atoms with E-state index in [-0.39, 0.29) is 5.91 Å². The smallest absolute Gasteiger partial charge is 0.272 e. The van der Waals surface area contributed by atoms with Crippen molar-refractivity contribution in [3.63, 3.8) is 0 Å². The largest absolute Gasteiger partial charge is 0.340 e. The summed E-state index contributed by atoms with van der Waals surface area (Å²) in [6.07, 6.45) is 0. The maximum Gasteiger partial charge on any atom is 0.272 e. The molecule has 6 nitrogen and oxygen atoms in total. The van der Waals surface area contributed by atoms with E-state index in [1.807, 2.05) is 42.0 Å². The van der Waals surface area contributed by atoms with Gasteiger partial charge in [-0.1, -0.05) is 30.3 Å². The van der Waals surface area contributed by atoms with Gasteiger partial charge in [0.05, 0.1) is 0 Å². The molecule has 1 aliphatic rings. The van der Waals surface area contributed by atoms with Gasteiger partial charge in [0.1, 0.15) is 5.69 Å². The summed E-state index contributed by atoms with van der Waals surface area (Å²) in [6, 6.07) is 12.0. The van der Waals surface area contributed by atoms with Gasteiger partial charge in [-0.15, -0.1) is 0 Å². The second kappa shape index (κ2) is 7.61. The number of benzene rings is 1. The molecule has 0 N–H and O–H groups in total. The second-order valence-electron chi connectivity index (χ2n) is 6.63. The quantitative estimate of drug-likeness (QED) is 0.850. The lowest BCUT2D eigenvalue weighted by molar-refractivity contribution is 0.0658. The minimum absolute atomic E-state index is 0.00652. The fraction of sp³-hybridized carbons (Fsp3) is 0.421. The Hall–Kier alpha value is -2.47. The van der Waals surface area contributed by atoms with Gasteiger partial charge >= 0.3 is 0 Å². The highest BCUT2D eigenvalue weighted by Gasteiger charge is 2.22. The molecular formula is C19H25N5O. The summed E-state index contributed by atoms with van der Waals surface area (Å²) in [6.45, 7) is 5.89. The van der Waals surface area contributed by atoms with Crippen molar-refractivity contribution in [3.05, 3.63) is 53.3 Å². The number of rotatable bonds is 4. The first-order valence-electron chi connectivity index (χ1n) is 8.61. The Morgan fingerprint density at radius 2 is 1.80 bits per heavy atom. The van der Waals surface area contributed by atoms with Gasteiger partial charge in [-0.25, -0.2) is 9.97 Å². The molecule has 1 fully saturated rings. The summed E-state index contributed by atoms with van der Waals surface area (Å²) in [5.74, 6) is 0.578.